The number of ether oxygens (including phenoxy) is 1. The summed E-state index contributed by atoms with van der Waals surface area (Å²) in [7, 11) is -2.92. The first-order valence-corrected chi connectivity index (χ1v) is 13.0. The molecule has 0 aliphatic rings. The number of benzene rings is 3. The molecule has 0 saturated heterocycles. The molecule has 0 fully saturated rings. The predicted octanol–water partition coefficient (Wildman–Crippen LogP) is 6.49. The van der Waals surface area contributed by atoms with Crippen LogP contribution in [0.15, 0.2) is 71.6 Å². The van der Waals surface area contributed by atoms with E-state index in [0.717, 1.165) is 27.7 Å². The Morgan fingerprint density at radius 3 is 2.26 bits per heavy atom. The quantitative estimate of drug-likeness (QED) is 0.299. The smallest absolute Gasteiger partial charge is 0.416 e. The Bertz CT molecular complexity index is 1650. The van der Waals surface area contributed by atoms with Gasteiger partial charge in [0.15, 0.2) is 0 Å². The van der Waals surface area contributed by atoms with Gasteiger partial charge in [-0.25, -0.2) is 17.2 Å². The molecule has 1 N–H and O–H groups in total. The number of hydrogen-bond donors (Lipinski definition) is 1. The van der Waals surface area contributed by atoms with Crippen molar-refractivity contribution >= 4 is 26.9 Å². The van der Waals surface area contributed by atoms with Crippen LogP contribution in [0.4, 0.5) is 13.2 Å². The molecule has 4 rings (SSSR count). The number of carbonyl (C=O) groups is 1. The van der Waals surface area contributed by atoms with E-state index in [-0.39, 0.29) is 44.6 Å². The van der Waals surface area contributed by atoms with Gasteiger partial charge in [-0.3, -0.25) is 0 Å². The van der Waals surface area contributed by atoms with Gasteiger partial charge in [-0.15, -0.1) is 0 Å². The maximum absolute atomic E-state index is 14.0. The molecule has 0 bridgehead atoms. The maximum Gasteiger partial charge on any atom is 0.416 e. The summed E-state index contributed by atoms with van der Waals surface area (Å²) in [6.07, 6.45) is -4.67. The molecular weight excluding hydrogens is 519 g/mol. The Kier molecular flexibility index (Phi) is 6.82. The lowest BCUT2D eigenvalue weighted by atomic mass is 9.87. The molecule has 0 radical (unpaired) electrons. The Hall–Kier alpha value is -3.79. The van der Waals surface area contributed by atoms with E-state index < -0.39 is 27.7 Å². The van der Waals surface area contributed by atoms with E-state index >= 15 is 0 Å². The number of halogens is 3. The molecule has 6 nitrogen and oxygen atoms in total. The lowest BCUT2D eigenvalue weighted by Crippen LogP contribution is -2.18. The van der Waals surface area contributed by atoms with Crippen molar-refractivity contribution in [2.45, 2.75) is 43.7 Å². The highest BCUT2D eigenvalue weighted by Crippen LogP contribution is 2.35. The zero-order valence-corrected chi connectivity index (χ0v) is 21.9. The minimum atomic E-state index is -4.61. The van der Waals surface area contributed by atoms with Crippen molar-refractivity contribution in [3.8, 4) is 5.75 Å². The highest BCUT2D eigenvalue weighted by atomic mass is 32.2. The monoisotopic (exact) mass is 545 g/mol. The van der Waals surface area contributed by atoms with Gasteiger partial charge in [0, 0.05) is 17.5 Å². The molecule has 0 saturated carbocycles. The largest absolute Gasteiger partial charge is 0.496 e. The molecule has 38 heavy (non-hydrogen) atoms. The van der Waals surface area contributed by atoms with Crippen LogP contribution in [-0.4, -0.2) is 30.6 Å². The predicted molar refractivity (Wildman–Crippen MR) is 137 cm³/mol. The second kappa shape index (κ2) is 9.50. The fraction of sp³-hybridized carbons (Fsp3) is 0.250. The molecule has 0 spiro atoms. The number of alkyl halides is 3. The normalized spacial score (nSPS) is 12.6. The lowest BCUT2D eigenvalue weighted by Gasteiger charge is -2.20. The van der Waals surface area contributed by atoms with E-state index in [1.165, 1.54) is 31.4 Å². The van der Waals surface area contributed by atoms with Gasteiger partial charge in [0.05, 0.1) is 23.1 Å². The summed E-state index contributed by atoms with van der Waals surface area (Å²) in [5, 5.41) is 9.64. The Morgan fingerprint density at radius 1 is 0.947 bits per heavy atom. The summed E-state index contributed by atoms with van der Waals surface area (Å²) in [6, 6.07) is 15.1. The zero-order chi connectivity index (χ0) is 28.0. The third kappa shape index (κ3) is 5.13. The molecule has 1 heterocycles. The summed E-state index contributed by atoms with van der Waals surface area (Å²) >= 11 is 0. The van der Waals surface area contributed by atoms with Crippen molar-refractivity contribution < 1.29 is 36.2 Å². The summed E-state index contributed by atoms with van der Waals surface area (Å²) in [5.41, 5.74) is 0.124. The van der Waals surface area contributed by atoms with Crippen LogP contribution < -0.4 is 4.74 Å². The van der Waals surface area contributed by atoms with E-state index in [4.69, 9.17) is 4.74 Å². The number of aromatic carboxylic acids is 1. The first-order chi connectivity index (χ1) is 17.6. The molecule has 1 aromatic heterocycles. The van der Waals surface area contributed by atoms with Gasteiger partial charge in [-0.05, 0) is 65.1 Å². The van der Waals surface area contributed by atoms with Crippen LogP contribution in [0.1, 0.15) is 53.5 Å². The number of fused-ring (bicyclic) bond motifs is 1. The first kappa shape index (κ1) is 27.3. The number of aromatic nitrogens is 1. The van der Waals surface area contributed by atoms with Gasteiger partial charge in [-0.2, -0.15) is 13.2 Å². The topological polar surface area (TPSA) is 85.6 Å². The van der Waals surface area contributed by atoms with Crippen LogP contribution in [0.3, 0.4) is 0 Å². The van der Waals surface area contributed by atoms with Crippen LogP contribution >= 0.6 is 0 Å². The number of hydrogen-bond acceptors (Lipinski definition) is 4. The van der Waals surface area contributed by atoms with Crippen LogP contribution in [0.25, 0.3) is 10.9 Å². The molecule has 10 heteroatoms. The average molecular weight is 546 g/mol. The summed E-state index contributed by atoms with van der Waals surface area (Å²) in [4.78, 5) is 11.7. The standard InChI is InChI=1S/C28H26F3NO5S/c1-27(2,3)19-6-5-7-22(16-19)38(35,36)32-21(12-17-8-11-25(37-4)23(13-17)26(33)34)15-18-14-20(28(29,30)31)9-10-24(18)32/h5-11,13-16H,12H2,1-4H3,(H,33,34). The van der Waals surface area contributed by atoms with Crippen LogP contribution in [0, 0.1) is 0 Å². The molecule has 4 aromatic rings. The number of carboxylic acids is 1. The molecule has 3 aromatic carbocycles. The van der Waals surface area contributed by atoms with E-state index in [2.05, 4.69) is 0 Å². The fourth-order valence-corrected chi connectivity index (χ4v) is 5.89. The highest BCUT2D eigenvalue weighted by molar-refractivity contribution is 7.90. The highest BCUT2D eigenvalue weighted by Gasteiger charge is 2.32. The number of nitrogens with zero attached hydrogens (tertiary/aromatic N) is 1. The second-order valence-electron chi connectivity index (χ2n) is 9.97. The van der Waals surface area contributed by atoms with Gasteiger partial charge in [-0.1, -0.05) is 39.0 Å². The van der Waals surface area contributed by atoms with Gasteiger partial charge in [0.1, 0.15) is 11.3 Å². The Morgan fingerprint density at radius 2 is 1.66 bits per heavy atom. The molecule has 0 atom stereocenters. The second-order valence-corrected chi connectivity index (χ2v) is 11.8. The summed E-state index contributed by atoms with van der Waals surface area (Å²) in [6.45, 7) is 5.83. The minimum absolute atomic E-state index is 0.00970. The van der Waals surface area contributed by atoms with E-state index in [1.54, 1.807) is 18.2 Å². The molecule has 200 valence electrons. The molecule has 0 aliphatic carbocycles. The van der Waals surface area contributed by atoms with Crippen molar-refractivity contribution in [3.05, 3.63) is 94.7 Å². The van der Waals surface area contributed by atoms with Crippen molar-refractivity contribution in [2.24, 2.45) is 0 Å². The van der Waals surface area contributed by atoms with Gasteiger partial charge >= 0.3 is 12.1 Å². The molecule has 0 aliphatic heterocycles. The van der Waals surface area contributed by atoms with Gasteiger partial charge in [0.2, 0.25) is 0 Å². The van der Waals surface area contributed by atoms with Gasteiger partial charge in [0.25, 0.3) is 10.0 Å². The third-order valence-corrected chi connectivity index (χ3v) is 8.04. The number of carboxylic acid groups (broad SMARTS) is 1. The van der Waals surface area contributed by atoms with Crippen molar-refractivity contribution in [1.82, 2.24) is 3.97 Å². The van der Waals surface area contributed by atoms with E-state index in [0.29, 0.717) is 5.56 Å². The van der Waals surface area contributed by atoms with E-state index in [1.807, 2.05) is 26.8 Å². The van der Waals surface area contributed by atoms with Crippen molar-refractivity contribution in [3.63, 3.8) is 0 Å². The van der Waals surface area contributed by atoms with Crippen LogP contribution in [-0.2, 0) is 28.0 Å². The van der Waals surface area contributed by atoms with Crippen molar-refractivity contribution in [1.29, 1.82) is 0 Å². The molecule has 0 amide bonds. The Labute approximate surface area is 218 Å². The third-order valence-electron chi connectivity index (χ3n) is 6.27. The lowest BCUT2D eigenvalue weighted by molar-refractivity contribution is -0.137. The van der Waals surface area contributed by atoms with Crippen molar-refractivity contribution in [2.75, 3.05) is 7.11 Å². The summed E-state index contributed by atoms with van der Waals surface area (Å²) < 4.78 is 74.4. The first-order valence-electron chi connectivity index (χ1n) is 11.6. The zero-order valence-electron chi connectivity index (χ0n) is 21.1. The average Bonchev–Trinajstić information content (AvgIpc) is 3.20. The number of methoxy groups -OCH3 is 1. The van der Waals surface area contributed by atoms with Crippen LogP contribution in [0.5, 0.6) is 5.75 Å². The maximum atomic E-state index is 14.0. The van der Waals surface area contributed by atoms with Crippen LogP contribution in [0.2, 0.25) is 0 Å². The fourth-order valence-electron chi connectivity index (χ4n) is 4.30. The Balaban J connectivity index is 1.95. The molecular formula is C28H26F3NO5S. The summed E-state index contributed by atoms with van der Waals surface area (Å²) in [5.74, 6) is -1.10. The molecule has 0 unspecified atom stereocenters. The number of rotatable bonds is 6. The minimum Gasteiger partial charge on any atom is -0.496 e. The van der Waals surface area contributed by atoms with E-state index in [9.17, 15) is 31.5 Å². The SMILES string of the molecule is COc1ccc(Cc2cc3cc(C(F)(F)F)ccc3n2S(=O)(=O)c2cccc(C(C)(C)C)c2)cc1C(=O)O. The van der Waals surface area contributed by atoms with Gasteiger partial charge < -0.3 is 9.84 Å².